The lowest BCUT2D eigenvalue weighted by Gasteiger charge is -2.33. The second kappa shape index (κ2) is 6.10. The van der Waals surface area contributed by atoms with E-state index in [1.54, 1.807) is 18.3 Å². The highest BCUT2D eigenvalue weighted by Gasteiger charge is 2.35. The molecular weight excluding hydrogens is 268 g/mol. The van der Waals surface area contributed by atoms with Gasteiger partial charge in [-0.3, -0.25) is 4.79 Å². The highest BCUT2D eigenvalue weighted by atomic mass is 16.5. The minimum Gasteiger partial charge on any atom is -0.378 e. The summed E-state index contributed by atoms with van der Waals surface area (Å²) in [4.78, 5) is 20.9. The molecule has 0 unspecified atom stereocenters. The van der Waals surface area contributed by atoms with Gasteiger partial charge < -0.3 is 14.5 Å². The Balaban J connectivity index is 1.82. The lowest BCUT2D eigenvalue weighted by molar-refractivity contribution is -0.136. The van der Waals surface area contributed by atoms with E-state index in [4.69, 9.17) is 4.74 Å². The van der Waals surface area contributed by atoms with Crippen molar-refractivity contribution in [3.8, 4) is 6.07 Å². The fourth-order valence-electron chi connectivity index (χ4n) is 2.98. The van der Waals surface area contributed by atoms with Crippen LogP contribution in [0.2, 0.25) is 0 Å². The number of ether oxygens (including phenoxy) is 1. The third kappa shape index (κ3) is 2.69. The number of carbonyl (C=O) groups is 1. The first-order valence-corrected chi connectivity index (χ1v) is 7.29. The number of morpholine rings is 1. The van der Waals surface area contributed by atoms with Crippen LogP contribution in [0.4, 0.5) is 5.82 Å². The zero-order valence-corrected chi connectivity index (χ0v) is 11.9. The Hall–Kier alpha value is -2.13. The SMILES string of the molecule is N#Cc1cccnc1N1CCC[C@H]1C(=O)N1CCOCC1. The first kappa shape index (κ1) is 13.8. The topological polar surface area (TPSA) is 69.5 Å². The molecular formula is C15H18N4O2. The molecule has 1 aromatic rings. The molecule has 2 fully saturated rings. The molecule has 1 amide bonds. The number of aromatic nitrogens is 1. The van der Waals surface area contributed by atoms with E-state index in [-0.39, 0.29) is 11.9 Å². The average Bonchev–Trinajstić information content (AvgIpc) is 3.04. The first-order valence-electron chi connectivity index (χ1n) is 7.29. The molecule has 3 heterocycles. The smallest absolute Gasteiger partial charge is 0.245 e. The van der Waals surface area contributed by atoms with Crippen LogP contribution in [0.15, 0.2) is 18.3 Å². The van der Waals surface area contributed by atoms with Gasteiger partial charge in [0.1, 0.15) is 17.9 Å². The van der Waals surface area contributed by atoms with Crippen molar-refractivity contribution in [3.05, 3.63) is 23.9 Å². The predicted octanol–water partition coefficient (Wildman–Crippen LogP) is 0.781. The zero-order valence-electron chi connectivity index (χ0n) is 11.9. The van der Waals surface area contributed by atoms with Gasteiger partial charge in [0.15, 0.2) is 0 Å². The van der Waals surface area contributed by atoms with Gasteiger partial charge in [-0.1, -0.05) is 0 Å². The van der Waals surface area contributed by atoms with E-state index in [0.717, 1.165) is 19.4 Å². The van der Waals surface area contributed by atoms with Crippen molar-refractivity contribution in [2.24, 2.45) is 0 Å². The average molecular weight is 286 g/mol. The second-order valence-corrected chi connectivity index (χ2v) is 5.28. The molecule has 2 aliphatic rings. The minimum atomic E-state index is -0.204. The number of nitriles is 1. The molecule has 0 aromatic carbocycles. The Labute approximate surface area is 123 Å². The van der Waals surface area contributed by atoms with E-state index >= 15 is 0 Å². The van der Waals surface area contributed by atoms with E-state index in [9.17, 15) is 10.1 Å². The number of hydrogen-bond donors (Lipinski definition) is 0. The molecule has 0 saturated carbocycles. The second-order valence-electron chi connectivity index (χ2n) is 5.28. The van der Waals surface area contributed by atoms with Crippen LogP contribution in [0.1, 0.15) is 18.4 Å². The van der Waals surface area contributed by atoms with Gasteiger partial charge in [0.2, 0.25) is 5.91 Å². The van der Waals surface area contributed by atoms with Crippen LogP contribution in [-0.4, -0.2) is 54.7 Å². The Morgan fingerprint density at radius 3 is 2.95 bits per heavy atom. The summed E-state index contributed by atoms with van der Waals surface area (Å²) in [6, 6.07) is 5.45. The normalized spacial score (nSPS) is 22.1. The van der Waals surface area contributed by atoms with Crippen molar-refractivity contribution in [3.63, 3.8) is 0 Å². The van der Waals surface area contributed by atoms with Gasteiger partial charge in [0.05, 0.1) is 18.8 Å². The van der Waals surface area contributed by atoms with Crippen molar-refractivity contribution in [1.82, 2.24) is 9.88 Å². The summed E-state index contributed by atoms with van der Waals surface area (Å²) in [5.74, 6) is 0.759. The van der Waals surface area contributed by atoms with Gasteiger partial charge >= 0.3 is 0 Å². The first-order chi connectivity index (χ1) is 10.3. The highest BCUT2D eigenvalue weighted by Crippen LogP contribution is 2.27. The molecule has 6 nitrogen and oxygen atoms in total. The van der Waals surface area contributed by atoms with Crippen LogP contribution in [-0.2, 0) is 9.53 Å². The van der Waals surface area contributed by atoms with Crippen LogP contribution in [0.5, 0.6) is 0 Å². The molecule has 2 aliphatic heterocycles. The number of rotatable bonds is 2. The number of amides is 1. The maximum atomic E-state index is 12.7. The predicted molar refractivity (Wildman–Crippen MR) is 76.7 cm³/mol. The van der Waals surface area contributed by atoms with Gasteiger partial charge in [-0.25, -0.2) is 4.98 Å². The Morgan fingerprint density at radius 2 is 2.19 bits per heavy atom. The van der Waals surface area contributed by atoms with Crippen LogP contribution in [0.25, 0.3) is 0 Å². The molecule has 2 saturated heterocycles. The van der Waals surface area contributed by atoms with Crippen molar-refractivity contribution in [2.75, 3.05) is 37.7 Å². The molecule has 0 spiro atoms. The molecule has 0 radical (unpaired) electrons. The minimum absolute atomic E-state index is 0.130. The fourth-order valence-corrected chi connectivity index (χ4v) is 2.98. The van der Waals surface area contributed by atoms with Gasteiger partial charge in [0, 0.05) is 25.8 Å². The van der Waals surface area contributed by atoms with Crippen LogP contribution in [0.3, 0.4) is 0 Å². The lowest BCUT2D eigenvalue weighted by Crippen LogP contribution is -2.50. The molecule has 6 heteroatoms. The van der Waals surface area contributed by atoms with Crippen molar-refractivity contribution in [2.45, 2.75) is 18.9 Å². The van der Waals surface area contributed by atoms with E-state index in [2.05, 4.69) is 11.1 Å². The molecule has 0 bridgehead atoms. The monoisotopic (exact) mass is 286 g/mol. The summed E-state index contributed by atoms with van der Waals surface area (Å²) in [5, 5.41) is 9.22. The van der Waals surface area contributed by atoms with Gasteiger partial charge in [-0.05, 0) is 25.0 Å². The fraction of sp³-hybridized carbons (Fsp3) is 0.533. The molecule has 21 heavy (non-hydrogen) atoms. The van der Waals surface area contributed by atoms with E-state index in [1.807, 2.05) is 9.80 Å². The zero-order chi connectivity index (χ0) is 14.7. The van der Waals surface area contributed by atoms with Crippen molar-refractivity contribution in [1.29, 1.82) is 5.26 Å². The summed E-state index contributed by atoms with van der Waals surface area (Å²) >= 11 is 0. The third-order valence-corrected chi connectivity index (χ3v) is 4.04. The number of carbonyl (C=O) groups excluding carboxylic acids is 1. The number of hydrogen-bond acceptors (Lipinski definition) is 5. The van der Waals surface area contributed by atoms with Crippen molar-refractivity contribution >= 4 is 11.7 Å². The summed E-state index contributed by atoms with van der Waals surface area (Å²) in [6.45, 7) is 3.27. The molecule has 0 aliphatic carbocycles. The molecule has 1 atom stereocenters. The Kier molecular flexibility index (Phi) is 4.02. The third-order valence-electron chi connectivity index (χ3n) is 4.04. The van der Waals surface area contributed by atoms with E-state index < -0.39 is 0 Å². The summed E-state index contributed by atoms with van der Waals surface area (Å²) in [7, 11) is 0. The largest absolute Gasteiger partial charge is 0.378 e. The molecule has 110 valence electrons. The van der Waals surface area contributed by atoms with Crippen molar-refractivity contribution < 1.29 is 9.53 Å². The highest BCUT2D eigenvalue weighted by molar-refractivity contribution is 5.86. The number of nitrogens with zero attached hydrogens (tertiary/aromatic N) is 4. The van der Waals surface area contributed by atoms with E-state index in [1.165, 1.54) is 0 Å². The quantitative estimate of drug-likeness (QED) is 0.803. The summed E-state index contributed by atoms with van der Waals surface area (Å²) in [5.41, 5.74) is 0.527. The van der Waals surface area contributed by atoms with Gasteiger partial charge in [0.25, 0.3) is 0 Å². The maximum Gasteiger partial charge on any atom is 0.245 e. The Morgan fingerprint density at radius 1 is 1.38 bits per heavy atom. The molecule has 3 rings (SSSR count). The van der Waals surface area contributed by atoms with Crippen LogP contribution >= 0.6 is 0 Å². The van der Waals surface area contributed by atoms with E-state index in [0.29, 0.717) is 37.7 Å². The maximum absolute atomic E-state index is 12.7. The van der Waals surface area contributed by atoms with Crippen LogP contribution < -0.4 is 4.90 Å². The standard InChI is InChI=1S/C15H18N4O2/c16-11-12-3-1-5-17-14(12)19-6-2-4-13(19)15(20)18-7-9-21-10-8-18/h1,3,5,13H,2,4,6-10H2/t13-/m0/s1. The van der Waals surface area contributed by atoms with Gasteiger partial charge in [-0.15, -0.1) is 0 Å². The summed E-state index contributed by atoms with van der Waals surface area (Å²) < 4.78 is 5.30. The van der Waals surface area contributed by atoms with Crippen LogP contribution in [0, 0.1) is 11.3 Å². The number of anilines is 1. The molecule has 1 aromatic heterocycles. The Bertz CT molecular complexity index is 563. The number of pyridine rings is 1. The molecule has 0 N–H and O–H groups in total. The van der Waals surface area contributed by atoms with Gasteiger partial charge in [-0.2, -0.15) is 5.26 Å². The summed E-state index contributed by atoms with van der Waals surface area (Å²) in [6.07, 6.45) is 3.44. The lowest BCUT2D eigenvalue weighted by atomic mass is 10.1.